The Morgan fingerprint density at radius 1 is 1.28 bits per heavy atom. The number of hydrogen-bond acceptors (Lipinski definition) is 6. The van der Waals surface area contributed by atoms with Crippen molar-refractivity contribution in [1.82, 2.24) is 20.2 Å². The molecule has 1 aromatic heterocycles. The fraction of sp³-hybridized carbons (Fsp3) is 0.296. The third-order valence-corrected chi connectivity index (χ3v) is 6.15. The second kappa shape index (κ2) is 11.2. The van der Waals surface area contributed by atoms with Crippen LogP contribution in [0, 0.1) is 5.82 Å². The van der Waals surface area contributed by atoms with E-state index in [-0.39, 0.29) is 29.9 Å². The van der Waals surface area contributed by atoms with E-state index >= 15 is 0 Å². The van der Waals surface area contributed by atoms with Crippen molar-refractivity contribution >= 4 is 5.91 Å². The molecule has 2 heterocycles. The Morgan fingerprint density at radius 2 is 2.00 bits per heavy atom. The van der Waals surface area contributed by atoms with Crippen molar-refractivity contribution in [1.29, 1.82) is 0 Å². The molecule has 8 nitrogen and oxygen atoms in total. The van der Waals surface area contributed by atoms with E-state index in [9.17, 15) is 19.1 Å². The smallest absolute Gasteiger partial charge is 0.293 e. The number of allylic oxidation sites excluding steroid dienone is 1. The Labute approximate surface area is 208 Å². The van der Waals surface area contributed by atoms with Gasteiger partial charge in [0.25, 0.3) is 11.5 Å². The number of hydrogen-bond donors (Lipinski definition) is 3. The summed E-state index contributed by atoms with van der Waals surface area (Å²) in [6.07, 6.45) is 1.82. The summed E-state index contributed by atoms with van der Waals surface area (Å²) in [6.45, 7) is 6.86. The Bertz CT molecular complexity index is 1280. The van der Waals surface area contributed by atoms with E-state index in [2.05, 4.69) is 26.8 Å². The number of nitrogens with one attached hydrogen (secondary N) is 2. The van der Waals surface area contributed by atoms with E-state index in [1.165, 1.54) is 24.3 Å². The molecule has 0 bridgehead atoms. The zero-order valence-electron chi connectivity index (χ0n) is 20.0. The van der Waals surface area contributed by atoms with E-state index in [0.717, 1.165) is 24.9 Å². The number of halogens is 1. The fourth-order valence-corrected chi connectivity index (χ4v) is 4.40. The third-order valence-electron chi connectivity index (χ3n) is 6.15. The highest BCUT2D eigenvalue weighted by Crippen LogP contribution is 2.33. The van der Waals surface area contributed by atoms with Crippen molar-refractivity contribution in [2.75, 3.05) is 13.2 Å². The molecule has 1 aliphatic rings. The standard InChI is InChI=1S/C27H29FN4O4/c1-17(2)36-16-21-9-6-14-32(21)23(19-7-4-3-5-8-19)25-30-22(24(33)27(35)31-25)26(34)29-15-18-10-12-20(28)13-11-18/h3-5,7-8,10-13,21,23,33H,1,6,9,14-16H2,2H3,(H,29,34)(H,30,31,35). The number of aromatic nitrogens is 2. The molecule has 9 heteroatoms. The molecule has 1 amide bonds. The number of ether oxygens (including phenoxy) is 1. The predicted octanol–water partition coefficient (Wildman–Crippen LogP) is 3.65. The lowest BCUT2D eigenvalue weighted by molar-refractivity contribution is 0.0937. The van der Waals surface area contributed by atoms with Gasteiger partial charge in [0.05, 0.1) is 11.8 Å². The van der Waals surface area contributed by atoms with Crippen LogP contribution in [-0.2, 0) is 11.3 Å². The van der Waals surface area contributed by atoms with Crippen LogP contribution < -0.4 is 10.9 Å². The summed E-state index contributed by atoms with van der Waals surface area (Å²) in [7, 11) is 0. The lowest BCUT2D eigenvalue weighted by atomic mass is 10.0. The highest BCUT2D eigenvalue weighted by molar-refractivity contribution is 5.94. The van der Waals surface area contributed by atoms with E-state index in [0.29, 0.717) is 17.9 Å². The van der Waals surface area contributed by atoms with Crippen molar-refractivity contribution in [3.63, 3.8) is 0 Å². The van der Waals surface area contributed by atoms with E-state index < -0.39 is 23.3 Å². The van der Waals surface area contributed by atoms with Crippen LogP contribution in [0.25, 0.3) is 0 Å². The highest BCUT2D eigenvalue weighted by atomic mass is 19.1. The maximum absolute atomic E-state index is 13.2. The molecule has 188 valence electrons. The van der Waals surface area contributed by atoms with Crippen LogP contribution in [0.5, 0.6) is 5.75 Å². The summed E-state index contributed by atoms with van der Waals surface area (Å²) in [5.41, 5.74) is 0.368. The van der Waals surface area contributed by atoms with Gasteiger partial charge in [0.2, 0.25) is 5.75 Å². The fourth-order valence-electron chi connectivity index (χ4n) is 4.40. The Morgan fingerprint density at radius 3 is 2.69 bits per heavy atom. The van der Waals surface area contributed by atoms with Crippen LogP contribution in [-0.4, -0.2) is 45.1 Å². The Balaban J connectivity index is 1.67. The van der Waals surface area contributed by atoms with Crippen LogP contribution in [0.15, 0.2) is 71.7 Å². The molecule has 1 fully saturated rings. The van der Waals surface area contributed by atoms with Gasteiger partial charge < -0.3 is 20.1 Å². The molecule has 0 saturated carbocycles. The van der Waals surface area contributed by atoms with E-state index in [1.54, 1.807) is 6.92 Å². The Hall–Kier alpha value is -3.98. The van der Waals surface area contributed by atoms with Gasteiger partial charge in [-0.15, -0.1) is 0 Å². The van der Waals surface area contributed by atoms with Gasteiger partial charge in [-0.25, -0.2) is 9.37 Å². The normalized spacial score (nSPS) is 16.4. The average Bonchev–Trinajstić information content (AvgIpc) is 3.33. The van der Waals surface area contributed by atoms with Crippen LogP contribution in [0.1, 0.15) is 53.2 Å². The van der Waals surface area contributed by atoms with Crippen molar-refractivity contribution < 1.29 is 19.0 Å². The topological polar surface area (TPSA) is 108 Å². The molecular weight excluding hydrogens is 463 g/mol. The molecule has 3 aromatic rings. The van der Waals surface area contributed by atoms with Crippen LogP contribution in [0.2, 0.25) is 0 Å². The van der Waals surface area contributed by atoms with Crippen LogP contribution in [0.4, 0.5) is 4.39 Å². The average molecular weight is 493 g/mol. The zero-order valence-corrected chi connectivity index (χ0v) is 20.0. The van der Waals surface area contributed by atoms with E-state index in [4.69, 9.17) is 4.74 Å². The molecule has 1 aliphatic heterocycles. The number of amides is 1. The number of carbonyl (C=O) groups is 1. The van der Waals surface area contributed by atoms with Gasteiger partial charge in [-0.1, -0.05) is 49.0 Å². The van der Waals surface area contributed by atoms with Crippen molar-refractivity contribution in [3.05, 3.63) is 106 Å². The summed E-state index contributed by atoms with van der Waals surface area (Å²) in [5, 5.41) is 13.0. The largest absolute Gasteiger partial charge is 0.501 e. The number of H-pyrrole nitrogens is 1. The molecule has 0 spiro atoms. The number of likely N-dealkylation sites (tertiary alicyclic amines) is 1. The molecule has 0 aliphatic carbocycles. The molecule has 2 unspecified atom stereocenters. The number of nitrogens with zero attached hydrogens (tertiary/aromatic N) is 2. The van der Waals surface area contributed by atoms with Gasteiger partial charge in [0.15, 0.2) is 5.69 Å². The first-order chi connectivity index (χ1) is 17.3. The third kappa shape index (κ3) is 5.80. The van der Waals surface area contributed by atoms with Crippen LogP contribution in [0.3, 0.4) is 0 Å². The van der Waals surface area contributed by atoms with Gasteiger partial charge in [-0.2, -0.15) is 0 Å². The van der Waals surface area contributed by atoms with Crippen molar-refractivity contribution in [2.24, 2.45) is 0 Å². The second-order valence-corrected chi connectivity index (χ2v) is 8.82. The van der Waals surface area contributed by atoms with Gasteiger partial charge in [-0.05, 0) is 49.6 Å². The SMILES string of the molecule is C=C(C)OCC1CCCN1C(c1ccccc1)c1nc(C(=O)NCc2ccc(F)cc2)c(O)c(=O)[nH]1. The van der Waals surface area contributed by atoms with E-state index in [1.807, 2.05) is 30.3 Å². The number of benzene rings is 2. The molecule has 36 heavy (non-hydrogen) atoms. The Kier molecular flexibility index (Phi) is 7.80. The second-order valence-electron chi connectivity index (χ2n) is 8.82. The quantitative estimate of drug-likeness (QED) is 0.394. The summed E-state index contributed by atoms with van der Waals surface area (Å²) in [6, 6.07) is 14.8. The van der Waals surface area contributed by atoms with Crippen molar-refractivity contribution in [2.45, 2.75) is 38.4 Å². The summed E-state index contributed by atoms with van der Waals surface area (Å²) < 4.78 is 18.9. The molecule has 2 aromatic carbocycles. The van der Waals surface area contributed by atoms with Gasteiger partial charge >= 0.3 is 0 Å². The molecular formula is C27H29FN4O4. The van der Waals surface area contributed by atoms with Gasteiger partial charge in [-0.3, -0.25) is 14.5 Å². The molecule has 2 atom stereocenters. The minimum absolute atomic E-state index is 0.0433. The zero-order chi connectivity index (χ0) is 25.7. The number of aromatic hydroxyl groups is 1. The molecule has 3 N–H and O–H groups in total. The number of aromatic amines is 1. The summed E-state index contributed by atoms with van der Waals surface area (Å²) in [5.74, 6) is -0.984. The maximum Gasteiger partial charge on any atom is 0.293 e. The van der Waals surface area contributed by atoms with Crippen molar-refractivity contribution in [3.8, 4) is 5.75 Å². The first-order valence-electron chi connectivity index (χ1n) is 11.8. The van der Waals surface area contributed by atoms with Crippen LogP contribution >= 0.6 is 0 Å². The molecule has 0 radical (unpaired) electrons. The predicted molar refractivity (Wildman–Crippen MR) is 133 cm³/mol. The summed E-state index contributed by atoms with van der Waals surface area (Å²) in [4.78, 5) is 34.9. The van der Waals surface area contributed by atoms with Gasteiger partial charge in [0, 0.05) is 12.6 Å². The number of rotatable bonds is 9. The first kappa shape index (κ1) is 25.1. The molecule has 1 saturated heterocycles. The lowest BCUT2D eigenvalue weighted by Gasteiger charge is -2.33. The lowest BCUT2D eigenvalue weighted by Crippen LogP contribution is -2.39. The first-order valence-corrected chi connectivity index (χ1v) is 11.8. The molecule has 4 rings (SSSR count). The highest BCUT2D eigenvalue weighted by Gasteiger charge is 2.35. The summed E-state index contributed by atoms with van der Waals surface area (Å²) >= 11 is 0. The monoisotopic (exact) mass is 492 g/mol. The number of carbonyl (C=O) groups excluding carboxylic acids is 1. The minimum atomic E-state index is -0.804. The van der Waals surface area contributed by atoms with Gasteiger partial charge in [0.1, 0.15) is 18.2 Å². The maximum atomic E-state index is 13.2. The minimum Gasteiger partial charge on any atom is -0.501 e.